The van der Waals surface area contributed by atoms with Crippen LogP contribution in [0.25, 0.3) is 0 Å². The summed E-state index contributed by atoms with van der Waals surface area (Å²) >= 11 is 0. The van der Waals surface area contributed by atoms with E-state index >= 15 is 0 Å². The zero-order chi connectivity index (χ0) is 13.9. The lowest BCUT2D eigenvalue weighted by molar-refractivity contribution is 0.102. The van der Waals surface area contributed by atoms with Crippen molar-refractivity contribution < 1.29 is 14.3 Å². The van der Waals surface area contributed by atoms with Gasteiger partial charge in [0.2, 0.25) is 6.79 Å². The molecule has 0 unspecified atom stereocenters. The topological polar surface area (TPSA) is 91.2 Å². The molecule has 1 amide bonds. The fraction of sp³-hybridized carbons (Fsp3) is 0.167. The van der Waals surface area contributed by atoms with Gasteiger partial charge in [0.15, 0.2) is 11.5 Å². The second-order valence-corrected chi connectivity index (χ2v) is 3.98. The second-order valence-electron chi connectivity index (χ2n) is 3.98. The molecule has 8 heteroatoms. The minimum absolute atomic E-state index is 0.134. The number of nitrogens with zero attached hydrogens (tertiary/aromatic N) is 4. The van der Waals surface area contributed by atoms with Gasteiger partial charge in [-0.2, -0.15) is 4.80 Å². The average Bonchev–Trinajstić information content (AvgIpc) is 3.07. The van der Waals surface area contributed by atoms with Crippen molar-refractivity contribution in [3.05, 3.63) is 36.4 Å². The van der Waals surface area contributed by atoms with Gasteiger partial charge in [0.1, 0.15) is 0 Å². The van der Waals surface area contributed by atoms with Crippen LogP contribution in [-0.2, 0) is 6.54 Å². The molecule has 0 atom stereocenters. The molecule has 1 aromatic heterocycles. The van der Waals surface area contributed by atoms with Crippen molar-refractivity contribution in [2.75, 3.05) is 12.1 Å². The second kappa shape index (κ2) is 5.00. The predicted molar refractivity (Wildman–Crippen MR) is 68.5 cm³/mol. The molecular weight excluding hydrogens is 262 g/mol. The number of fused-ring (bicyclic) bond motifs is 1. The van der Waals surface area contributed by atoms with E-state index in [1.54, 1.807) is 24.3 Å². The van der Waals surface area contributed by atoms with Crippen LogP contribution >= 0.6 is 0 Å². The number of benzene rings is 1. The van der Waals surface area contributed by atoms with Crippen LogP contribution in [0.2, 0.25) is 0 Å². The van der Waals surface area contributed by atoms with Crippen LogP contribution in [0, 0.1) is 0 Å². The van der Waals surface area contributed by atoms with Crippen molar-refractivity contribution >= 4 is 11.9 Å². The molecule has 0 saturated heterocycles. The molecule has 8 nitrogen and oxygen atoms in total. The van der Waals surface area contributed by atoms with Gasteiger partial charge < -0.3 is 9.47 Å². The Morgan fingerprint density at radius 3 is 3.15 bits per heavy atom. The van der Waals surface area contributed by atoms with E-state index in [9.17, 15) is 4.79 Å². The molecule has 2 heterocycles. The fourth-order valence-electron chi connectivity index (χ4n) is 1.70. The van der Waals surface area contributed by atoms with Crippen LogP contribution < -0.4 is 14.8 Å². The molecule has 1 aliphatic rings. The summed E-state index contributed by atoms with van der Waals surface area (Å²) in [5, 5.41) is 14.0. The summed E-state index contributed by atoms with van der Waals surface area (Å²) in [6, 6.07) is 4.92. The summed E-state index contributed by atoms with van der Waals surface area (Å²) in [6.07, 6.45) is 1.63. The molecule has 0 radical (unpaired) electrons. The molecule has 1 aromatic carbocycles. The molecule has 0 spiro atoms. The predicted octanol–water partition coefficient (Wildman–Crippen LogP) is 0.840. The van der Waals surface area contributed by atoms with E-state index in [4.69, 9.17) is 9.47 Å². The van der Waals surface area contributed by atoms with Crippen molar-refractivity contribution in [3.8, 4) is 11.5 Å². The number of carbonyl (C=O) groups is 1. The van der Waals surface area contributed by atoms with Gasteiger partial charge in [0, 0.05) is 5.56 Å². The molecule has 0 bridgehead atoms. The largest absolute Gasteiger partial charge is 0.454 e. The minimum atomic E-state index is -0.346. The third kappa shape index (κ3) is 2.30. The summed E-state index contributed by atoms with van der Waals surface area (Å²) < 4.78 is 10.4. The van der Waals surface area contributed by atoms with E-state index in [1.807, 2.05) is 0 Å². The van der Waals surface area contributed by atoms with Gasteiger partial charge in [-0.05, 0) is 23.4 Å². The Balaban J connectivity index is 1.73. The monoisotopic (exact) mass is 273 g/mol. The maximum absolute atomic E-state index is 12.0. The lowest BCUT2D eigenvalue weighted by Crippen LogP contribution is -2.13. The van der Waals surface area contributed by atoms with Crippen molar-refractivity contribution in [2.24, 2.45) is 0 Å². The van der Waals surface area contributed by atoms with Gasteiger partial charge in [0.25, 0.3) is 11.9 Å². The first-order valence-electron chi connectivity index (χ1n) is 5.86. The van der Waals surface area contributed by atoms with Crippen LogP contribution in [0.15, 0.2) is 30.9 Å². The van der Waals surface area contributed by atoms with E-state index in [-0.39, 0.29) is 18.6 Å². The zero-order valence-electron chi connectivity index (χ0n) is 10.4. The van der Waals surface area contributed by atoms with Crippen LogP contribution in [0.1, 0.15) is 10.4 Å². The van der Waals surface area contributed by atoms with E-state index in [0.29, 0.717) is 23.6 Å². The molecular formula is C12H11N5O3. The Labute approximate surface area is 114 Å². The smallest absolute Gasteiger partial charge is 0.270 e. The Morgan fingerprint density at radius 2 is 2.30 bits per heavy atom. The lowest BCUT2D eigenvalue weighted by Gasteiger charge is -2.02. The molecule has 3 rings (SSSR count). The number of rotatable bonds is 4. The molecule has 0 fully saturated rings. The molecule has 1 aliphatic heterocycles. The minimum Gasteiger partial charge on any atom is -0.454 e. The standard InChI is InChI=1S/C12H11N5O3/c1-2-5-17-15-12(14-16-17)13-11(18)8-3-4-9-10(6-8)20-7-19-9/h2-4,6H,1,5,7H2,(H,13,15,18). The van der Waals surface area contributed by atoms with Gasteiger partial charge in [-0.1, -0.05) is 11.2 Å². The van der Waals surface area contributed by atoms with Gasteiger partial charge in [0.05, 0.1) is 6.54 Å². The third-order valence-electron chi connectivity index (χ3n) is 2.61. The Hall–Kier alpha value is -2.90. The van der Waals surface area contributed by atoms with Crippen LogP contribution in [0.4, 0.5) is 5.95 Å². The quantitative estimate of drug-likeness (QED) is 0.830. The third-order valence-corrected chi connectivity index (χ3v) is 2.61. The highest BCUT2D eigenvalue weighted by Crippen LogP contribution is 2.32. The van der Waals surface area contributed by atoms with E-state index in [2.05, 4.69) is 27.3 Å². The summed E-state index contributed by atoms with van der Waals surface area (Å²) in [7, 11) is 0. The first kappa shape index (κ1) is 12.2. The van der Waals surface area contributed by atoms with Gasteiger partial charge in [-0.25, -0.2) is 0 Å². The Kier molecular flexibility index (Phi) is 3.04. The van der Waals surface area contributed by atoms with Gasteiger partial charge >= 0.3 is 0 Å². The SMILES string of the molecule is C=CCn1nnc(NC(=O)c2ccc3c(c2)OCO3)n1. The zero-order valence-corrected chi connectivity index (χ0v) is 10.4. The number of nitrogens with one attached hydrogen (secondary N) is 1. The number of hydrogen-bond donors (Lipinski definition) is 1. The first-order valence-corrected chi connectivity index (χ1v) is 5.86. The van der Waals surface area contributed by atoms with Crippen LogP contribution in [0.5, 0.6) is 11.5 Å². The summed E-state index contributed by atoms with van der Waals surface area (Å²) in [4.78, 5) is 13.4. The Bertz CT molecular complexity index is 667. The number of carbonyl (C=O) groups excluding carboxylic acids is 1. The van der Waals surface area contributed by atoms with Crippen molar-refractivity contribution in [1.29, 1.82) is 0 Å². The van der Waals surface area contributed by atoms with Crippen LogP contribution in [-0.4, -0.2) is 32.9 Å². The highest BCUT2D eigenvalue weighted by Gasteiger charge is 2.17. The average molecular weight is 273 g/mol. The maximum atomic E-state index is 12.0. The molecule has 2 aromatic rings. The summed E-state index contributed by atoms with van der Waals surface area (Å²) in [5.74, 6) is 0.952. The maximum Gasteiger partial charge on any atom is 0.270 e. The van der Waals surface area contributed by atoms with Crippen molar-refractivity contribution in [1.82, 2.24) is 20.2 Å². The van der Waals surface area contributed by atoms with E-state index in [0.717, 1.165) is 0 Å². The highest BCUT2D eigenvalue weighted by molar-refractivity contribution is 6.03. The van der Waals surface area contributed by atoms with Gasteiger partial charge in [-0.3, -0.25) is 10.1 Å². The molecule has 20 heavy (non-hydrogen) atoms. The van der Waals surface area contributed by atoms with E-state index in [1.165, 1.54) is 4.80 Å². The highest BCUT2D eigenvalue weighted by atomic mass is 16.7. The van der Waals surface area contributed by atoms with Crippen LogP contribution in [0.3, 0.4) is 0 Å². The fourth-order valence-corrected chi connectivity index (χ4v) is 1.70. The number of amides is 1. The number of anilines is 1. The molecule has 1 N–H and O–H groups in total. The van der Waals surface area contributed by atoms with Gasteiger partial charge in [-0.15, -0.1) is 11.7 Å². The molecule has 0 aliphatic carbocycles. The molecule has 0 saturated carbocycles. The number of hydrogen-bond acceptors (Lipinski definition) is 6. The Morgan fingerprint density at radius 1 is 1.45 bits per heavy atom. The number of tetrazole rings is 1. The first-order chi connectivity index (χ1) is 9.76. The van der Waals surface area contributed by atoms with Crippen molar-refractivity contribution in [2.45, 2.75) is 6.54 Å². The van der Waals surface area contributed by atoms with E-state index < -0.39 is 0 Å². The number of allylic oxidation sites excluding steroid dienone is 1. The lowest BCUT2D eigenvalue weighted by atomic mass is 10.2. The number of aromatic nitrogens is 4. The van der Waals surface area contributed by atoms with Crippen molar-refractivity contribution in [3.63, 3.8) is 0 Å². The summed E-state index contributed by atoms with van der Waals surface area (Å²) in [5.41, 5.74) is 0.425. The summed E-state index contributed by atoms with van der Waals surface area (Å²) in [6.45, 7) is 4.15. The number of ether oxygens (including phenoxy) is 2. The normalized spacial score (nSPS) is 12.2. The molecule has 102 valence electrons.